The first-order valence-corrected chi connectivity index (χ1v) is 14.8. The van der Waals surface area contributed by atoms with Crippen LogP contribution in [0.5, 0.6) is 5.75 Å². The van der Waals surface area contributed by atoms with Crippen LogP contribution in [0.3, 0.4) is 0 Å². The van der Waals surface area contributed by atoms with E-state index >= 15 is 0 Å². The standard InChI is InChI=1S/C27H35ClN4O3S/c28-21-5-10-27-25(18-21)26(19-30-27)20-3-1-4-22(17-20)31-36(33,34)24-8-6-23(7-9-24)35-16-2-13-32-14-11-29-12-15-32/h5-10,18-20,22,29-31H,1-4,11-17H2. The molecular formula is C27H35ClN4O3S. The quantitative estimate of drug-likeness (QED) is 0.355. The number of H-pyrrole nitrogens is 1. The molecule has 2 aromatic carbocycles. The van der Waals surface area contributed by atoms with Gasteiger partial charge in [0.1, 0.15) is 5.75 Å². The van der Waals surface area contributed by atoms with Crippen LogP contribution in [0.2, 0.25) is 5.02 Å². The maximum atomic E-state index is 13.1. The second kappa shape index (κ2) is 11.5. The molecule has 2 fully saturated rings. The predicted molar refractivity (Wildman–Crippen MR) is 144 cm³/mol. The molecule has 9 heteroatoms. The van der Waals surface area contributed by atoms with Crippen LogP contribution in [0, 0.1) is 0 Å². The summed E-state index contributed by atoms with van der Waals surface area (Å²) in [6.07, 6.45) is 6.63. The van der Waals surface area contributed by atoms with Crippen LogP contribution in [0.1, 0.15) is 43.6 Å². The molecule has 2 heterocycles. The molecule has 1 aromatic heterocycles. The number of benzene rings is 2. The van der Waals surface area contributed by atoms with Gasteiger partial charge in [-0.15, -0.1) is 0 Å². The van der Waals surface area contributed by atoms with Gasteiger partial charge in [-0.2, -0.15) is 0 Å². The average molecular weight is 531 g/mol. The molecule has 5 rings (SSSR count). The lowest BCUT2D eigenvalue weighted by Gasteiger charge is -2.29. The minimum absolute atomic E-state index is 0.0983. The first-order chi connectivity index (χ1) is 17.5. The van der Waals surface area contributed by atoms with Gasteiger partial charge in [-0.3, -0.25) is 0 Å². The van der Waals surface area contributed by atoms with E-state index in [4.69, 9.17) is 16.3 Å². The summed E-state index contributed by atoms with van der Waals surface area (Å²) in [6, 6.07) is 12.5. The second-order valence-electron chi connectivity index (χ2n) is 9.88. The molecule has 3 aromatic rings. The number of ether oxygens (including phenoxy) is 1. The summed E-state index contributed by atoms with van der Waals surface area (Å²) >= 11 is 6.23. The van der Waals surface area contributed by atoms with Crippen molar-refractivity contribution < 1.29 is 13.2 Å². The number of nitrogens with one attached hydrogen (secondary N) is 3. The van der Waals surface area contributed by atoms with Crippen molar-refractivity contribution in [1.29, 1.82) is 0 Å². The maximum absolute atomic E-state index is 13.1. The highest BCUT2D eigenvalue weighted by Crippen LogP contribution is 2.37. The molecule has 3 N–H and O–H groups in total. The van der Waals surface area contributed by atoms with Crippen LogP contribution < -0.4 is 14.8 Å². The molecule has 1 saturated heterocycles. The van der Waals surface area contributed by atoms with Gasteiger partial charge in [-0.05, 0) is 79.6 Å². The molecule has 2 atom stereocenters. The smallest absolute Gasteiger partial charge is 0.240 e. The molecule has 0 spiro atoms. The second-order valence-corrected chi connectivity index (χ2v) is 12.0. The van der Waals surface area contributed by atoms with Crippen molar-refractivity contribution in [2.75, 3.05) is 39.3 Å². The van der Waals surface area contributed by atoms with E-state index in [9.17, 15) is 8.42 Å². The van der Waals surface area contributed by atoms with E-state index in [1.807, 2.05) is 24.4 Å². The molecule has 2 aliphatic rings. The number of piperazine rings is 1. The fourth-order valence-electron chi connectivity index (χ4n) is 5.45. The summed E-state index contributed by atoms with van der Waals surface area (Å²) in [7, 11) is -3.60. The van der Waals surface area contributed by atoms with Crippen molar-refractivity contribution in [3.05, 3.63) is 59.2 Å². The van der Waals surface area contributed by atoms with Crippen molar-refractivity contribution in [2.45, 2.75) is 49.0 Å². The van der Waals surface area contributed by atoms with Gasteiger partial charge in [0.05, 0.1) is 11.5 Å². The molecule has 1 aliphatic carbocycles. The number of nitrogens with zero attached hydrogens (tertiary/aromatic N) is 1. The molecule has 0 amide bonds. The lowest BCUT2D eigenvalue weighted by atomic mass is 9.81. The normalized spacial score (nSPS) is 21.6. The number of fused-ring (bicyclic) bond motifs is 1. The summed E-state index contributed by atoms with van der Waals surface area (Å²) in [5.74, 6) is 0.987. The molecule has 1 aliphatic heterocycles. The lowest BCUT2D eigenvalue weighted by Crippen LogP contribution is -2.43. The Morgan fingerprint density at radius 1 is 1.08 bits per heavy atom. The van der Waals surface area contributed by atoms with Gasteiger partial charge in [-0.25, -0.2) is 13.1 Å². The number of halogens is 1. The van der Waals surface area contributed by atoms with E-state index < -0.39 is 10.0 Å². The fraction of sp³-hybridized carbons (Fsp3) is 0.481. The summed E-state index contributed by atoms with van der Waals surface area (Å²) in [5.41, 5.74) is 2.28. The predicted octanol–water partition coefficient (Wildman–Crippen LogP) is 4.50. The van der Waals surface area contributed by atoms with Crippen molar-refractivity contribution in [2.24, 2.45) is 0 Å². The van der Waals surface area contributed by atoms with Gasteiger partial charge >= 0.3 is 0 Å². The van der Waals surface area contributed by atoms with Crippen molar-refractivity contribution in [1.82, 2.24) is 19.9 Å². The molecular weight excluding hydrogens is 496 g/mol. The van der Waals surface area contributed by atoms with Crippen LogP contribution in [0.15, 0.2) is 53.6 Å². The number of rotatable bonds is 9. The van der Waals surface area contributed by atoms with E-state index in [2.05, 4.69) is 19.9 Å². The fourth-order valence-corrected chi connectivity index (χ4v) is 6.90. The third-order valence-electron chi connectivity index (χ3n) is 7.34. The number of hydrogen-bond donors (Lipinski definition) is 3. The van der Waals surface area contributed by atoms with Gasteiger partial charge in [0.15, 0.2) is 0 Å². The van der Waals surface area contributed by atoms with E-state index in [0.717, 1.165) is 75.7 Å². The molecule has 0 radical (unpaired) electrons. The highest BCUT2D eigenvalue weighted by Gasteiger charge is 2.28. The third-order valence-corrected chi connectivity index (χ3v) is 9.11. The monoisotopic (exact) mass is 530 g/mol. The number of sulfonamides is 1. The molecule has 194 valence electrons. The SMILES string of the molecule is O=S(=O)(NC1CCCC(c2c[nH]c3ccc(Cl)cc23)C1)c1ccc(OCCCN2CCNCC2)cc1. The van der Waals surface area contributed by atoms with Crippen LogP contribution >= 0.6 is 11.6 Å². The van der Waals surface area contributed by atoms with E-state index in [-0.39, 0.29) is 16.9 Å². The van der Waals surface area contributed by atoms with Gasteiger partial charge in [-0.1, -0.05) is 18.0 Å². The molecule has 7 nitrogen and oxygen atoms in total. The van der Waals surface area contributed by atoms with Gasteiger partial charge in [0.2, 0.25) is 10.0 Å². The Hall–Kier alpha value is -2.10. The third kappa shape index (κ3) is 6.23. The zero-order valence-electron chi connectivity index (χ0n) is 20.5. The van der Waals surface area contributed by atoms with E-state index in [0.29, 0.717) is 17.4 Å². The zero-order valence-corrected chi connectivity index (χ0v) is 22.1. The Bertz CT molecular complexity index is 1260. The number of hydrogen-bond acceptors (Lipinski definition) is 5. The van der Waals surface area contributed by atoms with Gasteiger partial charge in [0.25, 0.3) is 0 Å². The van der Waals surface area contributed by atoms with Gasteiger partial charge in [0, 0.05) is 60.9 Å². The van der Waals surface area contributed by atoms with Crippen LogP contribution in [-0.4, -0.2) is 63.7 Å². The van der Waals surface area contributed by atoms with Crippen molar-refractivity contribution in [3.63, 3.8) is 0 Å². The van der Waals surface area contributed by atoms with Crippen molar-refractivity contribution >= 4 is 32.5 Å². The minimum atomic E-state index is -3.60. The van der Waals surface area contributed by atoms with E-state index in [1.165, 1.54) is 5.56 Å². The Kier molecular flexibility index (Phi) is 8.18. The highest BCUT2D eigenvalue weighted by molar-refractivity contribution is 7.89. The van der Waals surface area contributed by atoms with Crippen LogP contribution in [0.4, 0.5) is 0 Å². The largest absolute Gasteiger partial charge is 0.494 e. The number of aromatic amines is 1. The van der Waals surface area contributed by atoms with Crippen LogP contribution in [-0.2, 0) is 10.0 Å². The minimum Gasteiger partial charge on any atom is -0.494 e. The van der Waals surface area contributed by atoms with Crippen molar-refractivity contribution in [3.8, 4) is 5.75 Å². The van der Waals surface area contributed by atoms with Crippen LogP contribution in [0.25, 0.3) is 10.9 Å². The summed E-state index contributed by atoms with van der Waals surface area (Å²) in [5, 5.41) is 5.19. The Morgan fingerprint density at radius 3 is 2.69 bits per heavy atom. The molecule has 1 saturated carbocycles. The van der Waals surface area contributed by atoms with Gasteiger partial charge < -0.3 is 19.9 Å². The lowest BCUT2D eigenvalue weighted by molar-refractivity contribution is 0.214. The summed E-state index contributed by atoms with van der Waals surface area (Å²) < 4.78 is 35.0. The Balaban J connectivity index is 1.15. The summed E-state index contributed by atoms with van der Waals surface area (Å²) in [4.78, 5) is 6.04. The summed E-state index contributed by atoms with van der Waals surface area (Å²) in [6.45, 7) is 5.90. The molecule has 2 unspecified atom stereocenters. The average Bonchev–Trinajstić information content (AvgIpc) is 3.30. The highest BCUT2D eigenvalue weighted by atomic mass is 35.5. The topological polar surface area (TPSA) is 86.5 Å². The van der Waals surface area contributed by atoms with E-state index in [1.54, 1.807) is 24.3 Å². The first-order valence-electron chi connectivity index (χ1n) is 12.9. The molecule has 0 bridgehead atoms. The Morgan fingerprint density at radius 2 is 1.89 bits per heavy atom. The maximum Gasteiger partial charge on any atom is 0.240 e. The Labute approximate surface area is 218 Å². The zero-order chi connectivity index (χ0) is 25.0. The number of aromatic nitrogens is 1. The first kappa shape index (κ1) is 25.5. The molecule has 36 heavy (non-hydrogen) atoms.